The molecular formula is C10H21NO2. The average molecular weight is 187 g/mol. The van der Waals surface area contributed by atoms with E-state index in [1.807, 2.05) is 18.7 Å². The molecular weight excluding hydrogens is 166 g/mol. The van der Waals surface area contributed by atoms with Crippen molar-refractivity contribution >= 4 is 5.91 Å². The summed E-state index contributed by atoms with van der Waals surface area (Å²) < 4.78 is 5.07. The second kappa shape index (κ2) is 8.05. The van der Waals surface area contributed by atoms with Gasteiger partial charge in [0.2, 0.25) is 5.91 Å². The first-order valence-electron chi connectivity index (χ1n) is 5.11. The molecule has 0 saturated carbocycles. The van der Waals surface area contributed by atoms with Crippen LogP contribution in [0.1, 0.15) is 33.6 Å². The molecule has 0 aliphatic rings. The van der Waals surface area contributed by atoms with E-state index in [0.717, 1.165) is 25.9 Å². The van der Waals surface area contributed by atoms with Crippen molar-refractivity contribution in [3.05, 3.63) is 0 Å². The molecule has 0 saturated heterocycles. The van der Waals surface area contributed by atoms with Crippen LogP contribution >= 0.6 is 0 Å². The first-order valence-corrected chi connectivity index (χ1v) is 5.11. The van der Waals surface area contributed by atoms with Gasteiger partial charge in [-0.1, -0.05) is 13.3 Å². The highest BCUT2D eigenvalue weighted by molar-refractivity contribution is 5.77. The minimum Gasteiger partial charge on any atom is -0.372 e. The average Bonchev–Trinajstić information content (AvgIpc) is 2.16. The molecule has 3 nitrogen and oxygen atoms in total. The number of ether oxygens (including phenoxy) is 1. The van der Waals surface area contributed by atoms with Crippen LogP contribution in [0.3, 0.4) is 0 Å². The third-order valence-electron chi connectivity index (χ3n) is 1.95. The number of unbranched alkanes of at least 4 members (excludes halogenated alkanes) is 1. The van der Waals surface area contributed by atoms with Gasteiger partial charge in [0, 0.05) is 19.7 Å². The predicted octanol–water partition coefficient (Wildman–Crippen LogP) is 1.67. The van der Waals surface area contributed by atoms with Crippen LogP contribution in [0.25, 0.3) is 0 Å². The van der Waals surface area contributed by atoms with Crippen molar-refractivity contribution in [1.29, 1.82) is 0 Å². The van der Waals surface area contributed by atoms with Gasteiger partial charge in [-0.2, -0.15) is 0 Å². The molecule has 0 aromatic rings. The summed E-state index contributed by atoms with van der Waals surface area (Å²) >= 11 is 0. The smallest absolute Gasteiger partial charge is 0.248 e. The van der Waals surface area contributed by atoms with Gasteiger partial charge in [0.15, 0.2) is 0 Å². The van der Waals surface area contributed by atoms with Crippen LogP contribution in [-0.2, 0) is 9.53 Å². The standard InChI is InChI=1S/C10H21NO2/c1-4-7-8-11(5-2)10(12)9-13-6-3/h4-9H2,1-3H3. The largest absolute Gasteiger partial charge is 0.372 e. The van der Waals surface area contributed by atoms with Gasteiger partial charge in [0.05, 0.1) is 0 Å². The highest BCUT2D eigenvalue weighted by Gasteiger charge is 2.09. The number of amides is 1. The van der Waals surface area contributed by atoms with Gasteiger partial charge < -0.3 is 9.64 Å². The number of hydrogen-bond acceptors (Lipinski definition) is 2. The van der Waals surface area contributed by atoms with Gasteiger partial charge in [-0.15, -0.1) is 0 Å². The fourth-order valence-corrected chi connectivity index (χ4v) is 1.09. The monoisotopic (exact) mass is 187 g/mol. The maximum atomic E-state index is 11.4. The Kier molecular flexibility index (Phi) is 7.69. The number of hydrogen-bond donors (Lipinski definition) is 0. The number of rotatable bonds is 7. The Morgan fingerprint density at radius 3 is 2.46 bits per heavy atom. The van der Waals surface area contributed by atoms with E-state index in [0.29, 0.717) is 6.61 Å². The van der Waals surface area contributed by atoms with Gasteiger partial charge in [0.25, 0.3) is 0 Å². The lowest BCUT2D eigenvalue weighted by atomic mass is 10.3. The highest BCUT2D eigenvalue weighted by atomic mass is 16.5. The summed E-state index contributed by atoms with van der Waals surface area (Å²) in [5.41, 5.74) is 0. The highest BCUT2D eigenvalue weighted by Crippen LogP contribution is 1.96. The maximum Gasteiger partial charge on any atom is 0.248 e. The lowest BCUT2D eigenvalue weighted by Gasteiger charge is -2.20. The Morgan fingerprint density at radius 2 is 2.00 bits per heavy atom. The van der Waals surface area contributed by atoms with E-state index in [9.17, 15) is 4.79 Å². The van der Waals surface area contributed by atoms with Crippen molar-refractivity contribution in [3.63, 3.8) is 0 Å². The molecule has 0 bridgehead atoms. The van der Waals surface area contributed by atoms with Gasteiger partial charge in [-0.3, -0.25) is 4.79 Å². The summed E-state index contributed by atoms with van der Waals surface area (Å²) in [5.74, 6) is 0.109. The van der Waals surface area contributed by atoms with E-state index in [-0.39, 0.29) is 12.5 Å². The zero-order valence-electron chi connectivity index (χ0n) is 9.01. The normalized spacial score (nSPS) is 10.1. The molecule has 13 heavy (non-hydrogen) atoms. The minimum atomic E-state index is 0.109. The molecule has 0 heterocycles. The third kappa shape index (κ3) is 5.64. The van der Waals surface area contributed by atoms with E-state index in [1.54, 1.807) is 0 Å². The quantitative estimate of drug-likeness (QED) is 0.607. The summed E-state index contributed by atoms with van der Waals surface area (Å²) in [4.78, 5) is 13.3. The molecule has 3 heteroatoms. The minimum absolute atomic E-state index is 0.109. The topological polar surface area (TPSA) is 29.5 Å². The third-order valence-corrected chi connectivity index (χ3v) is 1.95. The number of nitrogens with zero attached hydrogens (tertiary/aromatic N) is 1. The van der Waals surface area contributed by atoms with Crippen molar-refractivity contribution in [2.75, 3.05) is 26.3 Å². The summed E-state index contributed by atoms with van der Waals surface area (Å²) in [5, 5.41) is 0. The van der Waals surface area contributed by atoms with Gasteiger partial charge >= 0.3 is 0 Å². The van der Waals surface area contributed by atoms with Gasteiger partial charge in [-0.25, -0.2) is 0 Å². The van der Waals surface area contributed by atoms with Crippen LogP contribution in [0.4, 0.5) is 0 Å². The number of carbonyl (C=O) groups excluding carboxylic acids is 1. The predicted molar refractivity (Wildman–Crippen MR) is 53.7 cm³/mol. The molecule has 78 valence electrons. The summed E-state index contributed by atoms with van der Waals surface area (Å²) in [6.45, 7) is 8.51. The molecule has 0 fully saturated rings. The molecule has 0 unspecified atom stereocenters. The van der Waals surface area contributed by atoms with Gasteiger partial charge in [-0.05, 0) is 20.3 Å². The Morgan fingerprint density at radius 1 is 1.31 bits per heavy atom. The lowest BCUT2D eigenvalue weighted by molar-refractivity contribution is -0.135. The molecule has 0 spiro atoms. The van der Waals surface area contributed by atoms with Crippen molar-refractivity contribution in [3.8, 4) is 0 Å². The van der Waals surface area contributed by atoms with Crippen LogP contribution in [0.2, 0.25) is 0 Å². The van der Waals surface area contributed by atoms with Crippen molar-refractivity contribution < 1.29 is 9.53 Å². The summed E-state index contributed by atoms with van der Waals surface area (Å²) in [6.07, 6.45) is 2.20. The van der Waals surface area contributed by atoms with E-state index in [2.05, 4.69) is 6.92 Å². The zero-order chi connectivity index (χ0) is 10.1. The summed E-state index contributed by atoms with van der Waals surface area (Å²) in [7, 11) is 0. The lowest BCUT2D eigenvalue weighted by Crippen LogP contribution is -2.34. The first-order chi connectivity index (χ1) is 6.26. The maximum absolute atomic E-state index is 11.4. The second-order valence-electron chi connectivity index (χ2n) is 2.96. The van der Waals surface area contributed by atoms with Crippen LogP contribution in [0.15, 0.2) is 0 Å². The van der Waals surface area contributed by atoms with E-state index in [4.69, 9.17) is 4.74 Å². The molecule has 0 atom stereocenters. The molecule has 0 N–H and O–H groups in total. The van der Waals surface area contributed by atoms with Crippen LogP contribution in [0, 0.1) is 0 Å². The molecule has 0 aliphatic heterocycles. The Labute approximate surface area is 81.1 Å². The van der Waals surface area contributed by atoms with Crippen LogP contribution in [-0.4, -0.2) is 37.1 Å². The Bertz CT molecular complexity index is 137. The Hall–Kier alpha value is -0.570. The molecule has 0 aromatic carbocycles. The summed E-state index contributed by atoms with van der Waals surface area (Å²) in [6, 6.07) is 0. The van der Waals surface area contributed by atoms with Crippen molar-refractivity contribution in [1.82, 2.24) is 4.90 Å². The zero-order valence-corrected chi connectivity index (χ0v) is 9.01. The molecule has 1 amide bonds. The Balaban J connectivity index is 3.71. The van der Waals surface area contributed by atoms with Crippen molar-refractivity contribution in [2.24, 2.45) is 0 Å². The van der Waals surface area contributed by atoms with Crippen LogP contribution < -0.4 is 0 Å². The number of carbonyl (C=O) groups is 1. The SMILES string of the molecule is CCCCN(CC)C(=O)COCC. The molecule has 0 radical (unpaired) electrons. The van der Waals surface area contributed by atoms with E-state index >= 15 is 0 Å². The molecule has 0 aromatic heterocycles. The second-order valence-corrected chi connectivity index (χ2v) is 2.96. The fourth-order valence-electron chi connectivity index (χ4n) is 1.09. The van der Waals surface area contributed by atoms with Crippen molar-refractivity contribution in [2.45, 2.75) is 33.6 Å². The van der Waals surface area contributed by atoms with E-state index in [1.165, 1.54) is 0 Å². The number of likely N-dealkylation sites (N-methyl/N-ethyl adjacent to an activating group) is 1. The van der Waals surface area contributed by atoms with Crippen LogP contribution in [0.5, 0.6) is 0 Å². The van der Waals surface area contributed by atoms with E-state index < -0.39 is 0 Å². The molecule has 0 rings (SSSR count). The van der Waals surface area contributed by atoms with Gasteiger partial charge in [0.1, 0.15) is 6.61 Å². The first kappa shape index (κ1) is 12.4. The molecule has 0 aliphatic carbocycles. The fraction of sp³-hybridized carbons (Fsp3) is 0.900.